The number of carbonyl (C=O) groups excluding carboxylic acids is 1. The summed E-state index contributed by atoms with van der Waals surface area (Å²) in [5, 5.41) is 6.68. The van der Waals surface area contributed by atoms with E-state index in [1.165, 1.54) is 7.11 Å². The highest BCUT2D eigenvalue weighted by atomic mass is 16.5. The van der Waals surface area contributed by atoms with Crippen molar-refractivity contribution in [3.8, 4) is 11.5 Å². The van der Waals surface area contributed by atoms with Crippen LogP contribution in [-0.2, 0) is 6.61 Å². The first-order chi connectivity index (χ1) is 14.0. The molecule has 29 heavy (non-hydrogen) atoms. The molecule has 0 radical (unpaired) electrons. The van der Waals surface area contributed by atoms with Gasteiger partial charge in [-0.3, -0.25) is 10.1 Å². The number of rotatable bonds is 6. The summed E-state index contributed by atoms with van der Waals surface area (Å²) in [7, 11) is 1.53. The number of aromatic amines is 1. The van der Waals surface area contributed by atoms with E-state index in [0.717, 1.165) is 22.3 Å². The first-order valence-corrected chi connectivity index (χ1v) is 9.04. The molecule has 0 aliphatic carbocycles. The minimum atomic E-state index is -0.306. The summed E-state index contributed by atoms with van der Waals surface area (Å²) in [6, 6.07) is 12.6. The Bertz CT molecular complexity index is 1130. The zero-order valence-electron chi connectivity index (χ0n) is 16.3. The highest BCUT2D eigenvalue weighted by molar-refractivity contribution is 6.04. The van der Waals surface area contributed by atoms with Gasteiger partial charge in [0.05, 0.1) is 29.4 Å². The Kier molecular flexibility index (Phi) is 4.90. The summed E-state index contributed by atoms with van der Waals surface area (Å²) in [4.78, 5) is 20.0. The lowest BCUT2D eigenvalue weighted by Gasteiger charge is -2.12. The second-order valence-corrected chi connectivity index (χ2v) is 6.51. The van der Waals surface area contributed by atoms with Crippen LogP contribution in [0.25, 0.3) is 11.0 Å². The van der Waals surface area contributed by atoms with Crippen molar-refractivity contribution in [2.24, 2.45) is 0 Å². The van der Waals surface area contributed by atoms with Gasteiger partial charge in [-0.1, -0.05) is 17.3 Å². The number of imidazole rings is 1. The first kappa shape index (κ1) is 18.5. The molecule has 4 aromatic rings. The van der Waals surface area contributed by atoms with E-state index < -0.39 is 0 Å². The Morgan fingerprint density at radius 2 is 2.00 bits per heavy atom. The van der Waals surface area contributed by atoms with E-state index >= 15 is 0 Å². The summed E-state index contributed by atoms with van der Waals surface area (Å²) < 4.78 is 16.4. The van der Waals surface area contributed by atoms with Crippen LogP contribution in [0, 0.1) is 13.8 Å². The van der Waals surface area contributed by atoms with Crippen molar-refractivity contribution in [3.63, 3.8) is 0 Å². The quantitative estimate of drug-likeness (QED) is 0.514. The number of nitrogens with zero attached hydrogens (tertiary/aromatic N) is 2. The summed E-state index contributed by atoms with van der Waals surface area (Å²) in [5.74, 6) is 1.76. The number of fused-ring (bicyclic) bond motifs is 1. The van der Waals surface area contributed by atoms with Crippen LogP contribution >= 0.6 is 0 Å². The van der Waals surface area contributed by atoms with Gasteiger partial charge in [-0.15, -0.1) is 0 Å². The number of nitrogens with one attached hydrogen (secondary N) is 2. The van der Waals surface area contributed by atoms with Crippen molar-refractivity contribution in [3.05, 3.63) is 65.0 Å². The smallest absolute Gasteiger partial charge is 0.258 e. The molecule has 2 heterocycles. The molecule has 1 amide bonds. The molecule has 0 atom stereocenters. The van der Waals surface area contributed by atoms with Gasteiger partial charge in [0, 0.05) is 5.56 Å². The Morgan fingerprint density at radius 3 is 2.72 bits per heavy atom. The molecule has 0 saturated carbocycles. The van der Waals surface area contributed by atoms with E-state index in [-0.39, 0.29) is 5.91 Å². The summed E-state index contributed by atoms with van der Waals surface area (Å²) in [6.45, 7) is 3.99. The first-order valence-electron chi connectivity index (χ1n) is 9.04. The maximum absolute atomic E-state index is 12.6. The number of methoxy groups -OCH3 is 1. The summed E-state index contributed by atoms with van der Waals surface area (Å²) in [6.07, 6.45) is 0. The Morgan fingerprint density at radius 1 is 1.17 bits per heavy atom. The molecule has 0 aliphatic heterocycles. The number of hydrogen-bond donors (Lipinski definition) is 2. The number of carbonyl (C=O) groups is 1. The largest absolute Gasteiger partial charge is 0.493 e. The molecule has 4 rings (SSSR count). The fraction of sp³-hybridized carbons (Fsp3) is 0.190. The average Bonchev–Trinajstić information content (AvgIpc) is 3.28. The van der Waals surface area contributed by atoms with E-state index in [4.69, 9.17) is 14.0 Å². The van der Waals surface area contributed by atoms with Crippen LogP contribution in [0.5, 0.6) is 11.5 Å². The van der Waals surface area contributed by atoms with E-state index in [2.05, 4.69) is 20.4 Å². The molecule has 8 nitrogen and oxygen atoms in total. The van der Waals surface area contributed by atoms with Gasteiger partial charge in [-0.2, -0.15) is 0 Å². The van der Waals surface area contributed by atoms with Crippen molar-refractivity contribution >= 4 is 22.9 Å². The number of amides is 1. The molecular weight excluding hydrogens is 372 g/mol. The van der Waals surface area contributed by atoms with Gasteiger partial charge in [-0.25, -0.2) is 4.98 Å². The van der Waals surface area contributed by atoms with Crippen molar-refractivity contribution in [2.45, 2.75) is 20.5 Å². The molecule has 2 N–H and O–H groups in total. The van der Waals surface area contributed by atoms with Crippen molar-refractivity contribution in [2.75, 3.05) is 12.4 Å². The second-order valence-electron chi connectivity index (χ2n) is 6.51. The third-order valence-corrected chi connectivity index (χ3v) is 4.60. The number of anilines is 1. The van der Waals surface area contributed by atoms with Crippen LogP contribution in [0.4, 0.5) is 5.95 Å². The van der Waals surface area contributed by atoms with Gasteiger partial charge in [0.15, 0.2) is 11.5 Å². The minimum Gasteiger partial charge on any atom is -0.493 e. The number of aryl methyl sites for hydroxylation is 2. The molecule has 0 unspecified atom stereocenters. The molecule has 0 spiro atoms. The topological polar surface area (TPSA) is 102 Å². The molecule has 2 aromatic carbocycles. The number of benzene rings is 2. The van der Waals surface area contributed by atoms with Crippen LogP contribution in [0.2, 0.25) is 0 Å². The van der Waals surface area contributed by atoms with Gasteiger partial charge in [0.1, 0.15) is 12.4 Å². The third kappa shape index (κ3) is 3.77. The Labute approximate surface area is 166 Å². The number of para-hydroxylation sites is 2. The summed E-state index contributed by atoms with van der Waals surface area (Å²) in [5.41, 5.74) is 3.72. The van der Waals surface area contributed by atoms with E-state index in [9.17, 15) is 4.79 Å². The normalized spacial score (nSPS) is 10.9. The maximum Gasteiger partial charge on any atom is 0.258 e. The lowest BCUT2D eigenvalue weighted by molar-refractivity contribution is 0.102. The number of hydrogen-bond acceptors (Lipinski definition) is 6. The van der Waals surface area contributed by atoms with Crippen LogP contribution < -0.4 is 14.8 Å². The van der Waals surface area contributed by atoms with Gasteiger partial charge >= 0.3 is 0 Å². The fourth-order valence-corrected chi connectivity index (χ4v) is 2.98. The molecule has 2 aromatic heterocycles. The highest BCUT2D eigenvalue weighted by Crippen LogP contribution is 2.30. The zero-order chi connectivity index (χ0) is 20.4. The van der Waals surface area contributed by atoms with Crippen LogP contribution in [0.15, 0.2) is 47.0 Å². The van der Waals surface area contributed by atoms with Gasteiger partial charge in [0.2, 0.25) is 5.95 Å². The molecular formula is C21H20N4O4. The molecule has 0 aliphatic rings. The lowest BCUT2D eigenvalue weighted by atomic mass is 10.2. The average molecular weight is 392 g/mol. The van der Waals surface area contributed by atoms with E-state index in [1.54, 1.807) is 18.2 Å². The van der Waals surface area contributed by atoms with Gasteiger partial charge < -0.3 is 19.0 Å². The third-order valence-electron chi connectivity index (χ3n) is 4.60. The van der Waals surface area contributed by atoms with Gasteiger partial charge in [-0.05, 0) is 44.2 Å². The standard InChI is InChI=1S/C21H20N4O4/c1-12-15(13(2)29-25-12)11-28-18-9-8-14(10-19(18)27-3)20(26)24-21-22-16-6-4-5-7-17(16)23-21/h4-10H,11H2,1-3H3,(H2,22,23,24,26). The highest BCUT2D eigenvalue weighted by Gasteiger charge is 2.15. The van der Waals surface area contributed by atoms with Gasteiger partial charge in [0.25, 0.3) is 5.91 Å². The number of aromatic nitrogens is 3. The van der Waals surface area contributed by atoms with Crippen LogP contribution in [-0.4, -0.2) is 28.1 Å². The molecule has 148 valence electrons. The van der Waals surface area contributed by atoms with E-state index in [1.807, 2.05) is 38.1 Å². The number of H-pyrrole nitrogens is 1. The lowest BCUT2D eigenvalue weighted by Crippen LogP contribution is -2.13. The second kappa shape index (κ2) is 7.67. The summed E-state index contributed by atoms with van der Waals surface area (Å²) >= 11 is 0. The SMILES string of the molecule is COc1cc(C(=O)Nc2nc3ccccc3[nH]2)ccc1OCc1c(C)noc1C. The minimum absolute atomic E-state index is 0.294. The van der Waals surface area contributed by atoms with Crippen molar-refractivity contribution < 1.29 is 18.8 Å². The monoisotopic (exact) mass is 392 g/mol. The predicted octanol–water partition coefficient (Wildman–Crippen LogP) is 4.01. The molecule has 0 saturated heterocycles. The Hall–Kier alpha value is -3.81. The van der Waals surface area contributed by atoms with Crippen molar-refractivity contribution in [1.29, 1.82) is 0 Å². The fourth-order valence-electron chi connectivity index (χ4n) is 2.98. The van der Waals surface area contributed by atoms with Crippen molar-refractivity contribution in [1.82, 2.24) is 15.1 Å². The molecule has 0 bridgehead atoms. The van der Waals surface area contributed by atoms with Crippen LogP contribution in [0.1, 0.15) is 27.4 Å². The predicted molar refractivity (Wildman–Crippen MR) is 107 cm³/mol. The maximum atomic E-state index is 12.6. The molecule has 8 heteroatoms. The molecule has 0 fully saturated rings. The number of ether oxygens (including phenoxy) is 2. The zero-order valence-corrected chi connectivity index (χ0v) is 16.3. The van der Waals surface area contributed by atoms with Crippen LogP contribution in [0.3, 0.4) is 0 Å². The Balaban J connectivity index is 1.50. The van der Waals surface area contributed by atoms with E-state index in [0.29, 0.717) is 35.4 Å².